The highest BCUT2D eigenvalue weighted by Gasteiger charge is 2.14. The average molecular weight is 350 g/mol. The molecule has 3 rings (SSSR count). The van der Waals surface area contributed by atoms with Crippen LogP contribution < -0.4 is 10.6 Å². The molecule has 3 nitrogen and oxygen atoms in total. The first-order valence-electron chi connectivity index (χ1n) is 8.37. The number of hydrogen-bond donors (Lipinski definition) is 2. The average Bonchev–Trinajstić information content (AvgIpc) is 3.07. The first-order valence-corrected chi connectivity index (χ1v) is 9.25. The SMILES string of the molecule is Cc1ccsc1CNC(=O)CNC(c1ccccc1)c1ccccc1. The molecule has 3 aromatic rings. The van der Waals surface area contributed by atoms with E-state index in [1.165, 1.54) is 10.4 Å². The molecule has 0 bridgehead atoms. The minimum absolute atomic E-state index is 0.00313. The molecule has 0 saturated heterocycles. The second-order valence-corrected chi connectivity index (χ2v) is 6.94. The number of benzene rings is 2. The molecular formula is C21H22N2OS. The summed E-state index contributed by atoms with van der Waals surface area (Å²) in [6, 6.07) is 22.5. The maximum absolute atomic E-state index is 12.2. The molecule has 0 aliphatic rings. The summed E-state index contributed by atoms with van der Waals surface area (Å²) in [6.45, 7) is 2.93. The topological polar surface area (TPSA) is 41.1 Å². The molecule has 0 fully saturated rings. The summed E-state index contributed by atoms with van der Waals surface area (Å²) in [4.78, 5) is 13.5. The summed E-state index contributed by atoms with van der Waals surface area (Å²) >= 11 is 1.67. The third-order valence-corrected chi connectivity index (χ3v) is 5.17. The highest BCUT2D eigenvalue weighted by molar-refractivity contribution is 7.10. The molecule has 2 N–H and O–H groups in total. The van der Waals surface area contributed by atoms with Crippen LogP contribution in [0.25, 0.3) is 0 Å². The van der Waals surface area contributed by atoms with E-state index in [0.717, 1.165) is 11.1 Å². The molecule has 25 heavy (non-hydrogen) atoms. The minimum atomic E-state index is -0.00313. The zero-order valence-corrected chi connectivity index (χ0v) is 15.1. The standard InChI is InChI=1S/C21H22N2OS/c1-16-12-13-25-19(16)14-22-20(24)15-23-21(17-8-4-2-5-9-17)18-10-6-3-7-11-18/h2-13,21,23H,14-15H2,1H3,(H,22,24). The van der Waals surface area contributed by atoms with Crippen LogP contribution in [0.5, 0.6) is 0 Å². The third-order valence-electron chi connectivity index (χ3n) is 4.15. The van der Waals surface area contributed by atoms with Crippen molar-refractivity contribution in [3.05, 3.63) is 93.7 Å². The fourth-order valence-electron chi connectivity index (χ4n) is 2.74. The van der Waals surface area contributed by atoms with Crippen LogP contribution in [0.15, 0.2) is 72.1 Å². The van der Waals surface area contributed by atoms with E-state index in [0.29, 0.717) is 6.54 Å². The van der Waals surface area contributed by atoms with Crippen LogP contribution in [0.1, 0.15) is 27.6 Å². The number of carbonyl (C=O) groups excluding carboxylic acids is 1. The highest BCUT2D eigenvalue weighted by atomic mass is 32.1. The Bertz CT molecular complexity index is 760. The lowest BCUT2D eigenvalue weighted by atomic mass is 9.99. The smallest absolute Gasteiger partial charge is 0.234 e. The van der Waals surface area contributed by atoms with Crippen molar-refractivity contribution in [3.8, 4) is 0 Å². The van der Waals surface area contributed by atoms with E-state index in [1.807, 2.05) is 36.4 Å². The number of nitrogens with one attached hydrogen (secondary N) is 2. The number of thiophene rings is 1. The largest absolute Gasteiger partial charge is 0.350 e. The molecule has 0 radical (unpaired) electrons. The maximum Gasteiger partial charge on any atom is 0.234 e. The van der Waals surface area contributed by atoms with Gasteiger partial charge in [0.05, 0.1) is 19.1 Å². The first-order chi connectivity index (χ1) is 12.2. The number of amides is 1. The molecule has 0 unspecified atom stereocenters. The molecule has 4 heteroatoms. The number of rotatable bonds is 7. The Morgan fingerprint density at radius 3 is 2.08 bits per heavy atom. The Kier molecular flexibility index (Phi) is 5.99. The minimum Gasteiger partial charge on any atom is -0.350 e. The summed E-state index contributed by atoms with van der Waals surface area (Å²) in [7, 11) is 0. The van der Waals surface area contributed by atoms with Crippen molar-refractivity contribution in [2.45, 2.75) is 19.5 Å². The van der Waals surface area contributed by atoms with Crippen LogP contribution >= 0.6 is 11.3 Å². The summed E-state index contributed by atoms with van der Waals surface area (Å²) in [5.41, 5.74) is 3.52. The van der Waals surface area contributed by atoms with E-state index in [-0.39, 0.29) is 18.5 Å². The Morgan fingerprint density at radius 1 is 0.960 bits per heavy atom. The molecule has 0 spiro atoms. The van der Waals surface area contributed by atoms with Gasteiger partial charge in [-0.2, -0.15) is 0 Å². The van der Waals surface area contributed by atoms with Crippen molar-refractivity contribution in [2.75, 3.05) is 6.54 Å². The van der Waals surface area contributed by atoms with E-state index in [9.17, 15) is 4.79 Å². The number of hydrogen-bond acceptors (Lipinski definition) is 3. The second kappa shape index (κ2) is 8.60. The second-order valence-electron chi connectivity index (χ2n) is 5.94. The number of aryl methyl sites for hydroxylation is 1. The van der Waals surface area contributed by atoms with Crippen molar-refractivity contribution in [1.29, 1.82) is 0 Å². The molecule has 0 aliphatic heterocycles. The van der Waals surface area contributed by atoms with Gasteiger partial charge in [-0.05, 0) is 35.1 Å². The van der Waals surface area contributed by atoms with Gasteiger partial charge in [0.2, 0.25) is 5.91 Å². The quantitative estimate of drug-likeness (QED) is 0.675. The van der Waals surface area contributed by atoms with Crippen LogP contribution in [0.4, 0.5) is 0 Å². The number of carbonyl (C=O) groups is 1. The normalized spacial score (nSPS) is 10.8. The molecular weight excluding hydrogens is 328 g/mol. The van der Waals surface area contributed by atoms with Gasteiger partial charge >= 0.3 is 0 Å². The van der Waals surface area contributed by atoms with Crippen LogP contribution in [-0.2, 0) is 11.3 Å². The zero-order chi connectivity index (χ0) is 17.5. The van der Waals surface area contributed by atoms with Crippen molar-refractivity contribution >= 4 is 17.2 Å². The molecule has 2 aromatic carbocycles. The van der Waals surface area contributed by atoms with Crippen LogP contribution in [0.3, 0.4) is 0 Å². The van der Waals surface area contributed by atoms with Crippen molar-refractivity contribution in [1.82, 2.24) is 10.6 Å². The van der Waals surface area contributed by atoms with Gasteiger partial charge in [0.25, 0.3) is 0 Å². The highest BCUT2D eigenvalue weighted by Crippen LogP contribution is 2.21. The fraction of sp³-hybridized carbons (Fsp3) is 0.190. The third kappa shape index (κ3) is 4.78. The predicted octanol–water partition coefficient (Wildman–Crippen LogP) is 4.05. The van der Waals surface area contributed by atoms with Crippen LogP contribution in [0.2, 0.25) is 0 Å². The molecule has 1 aromatic heterocycles. The molecule has 0 saturated carbocycles. The van der Waals surface area contributed by atoms with Gasteiger partial charge in [0.1, 0.15) is 0 Å². The van der Waals surface area contributed by atoms with E-state index in [2.05, 4.69) is 53.3 Å². The van der Waals surface area contributed by atoms with Gasteiger partial charge in [-0.15, -0.1) is 11.3 Å². The van der Waals surface area contributed by atoms with Gasteiger partial charge < -0.3 is 5.32 Å². The lowest BCUT2D eigenvalue weighted by molar-refractivity contribution is -0.120. The first kappa shape index (κ1) is 17.4. The lowest BCUT2D eigenvalue weighted by Crippen LogP contribution is -2.35. The van der Waals surface area contributed by atoms with E-state index < -0.39 is 0 Å². The van der Waals surface area contributed by atoms with Gasteiger partial charge in [-0.25, -0.2) is 0 Å². The van der Waals surface area contributed by atoms with Gasteiger partial charge in [-0.3, -0.25) is 10.1 Å². The molecule has 0 atom stereocenters. The summed E-state index contributed by atoms with van der Waals surface area (Å²) in [5, 5.41) is 8.43. The molecule has 128 valence electrons. The van der Waals surface area contributed by atoms with E-state index in [4.69, 9.17) is 0 Å². The maximum atomic E-state index is 12.2. The summed E-state index contributed by atoms with van der Waals surface area (Å²) in [6.07, 6.45) is 0. The fourth-order valence-corrected chi connectivity index (χ4v) is 3.59. The Hall–Kier alpha value is -2.43. The van der Waals surface area contributed by atoms with E-state index in [1.54, 1.807) is 11.3 Å². The van der Waals surface area contributed by atoms with Gasteiger partial charge in [-0.1, -0.05) is 60.7 Å². The van der Waals surface area contributed by atoms with Crippen molar-refractivity contribution in [3.63, 3.8) is 0 Å². The van der Waals surface area contributed by atoms with Gasteiger partial charge in [0, 0.05) is 4.88 Å². The van der Waals surface area contributed by atoms with E-state index >= 15 is 0 Å². The molecule has 1 heterocycles. The monoisotopic (exact) mass is 350 g/mol. The Morgan fingerprint density at radius 2 is 1.56 bits per heavy atom. The Balaban J connectivity index is 1.63. The van der Waals surface area contributed by atoms with Gasteiger partial charge in [0.15, 0.2) is 0 Å². The zero-order valence-electron chi connectivity index (χ0n) is 14.2. The van der Waals surface area contributed by atoms with Crippen LogP contribution in [0, 0.1) is 6.92 Å². The summed E-state index contributed by atoms with van der Waals surface area (Å²) in [5.74, 6) is 0.00432. The lowest BCUT2D eigenvalue weighted by Gasteiger charge is -2.19. The molecule has 1 amide bonds. The Labute approximate surface area is 152 Å². The van der Waals surface area contributed by atoms with Crippen molar-refractivity contribution < 1.29 is 4.79 Å². The van der Waals surface area contributed by atoms with Crippen LogP contribution in [-0.4, -0.2) is 12.5 Å². The summed E-state index contributed by atoms with van der Waals surface area (Å²) < 4.78 is 0. The predicted molar refractivity (Wildman–Crippen MR) is 104 cm³/mol. The molecule has 0 aliphatic carbocycles. The van der Waals surface area contributed by atoms with Crippen molar-refractivity contribution in [2.24, 2.45) is 0 Å².